The number of likely N-dealkylation sites (N-methyl/N-ethyl adjacent to an activating group) is 1. The van der Waals surface area contributed by atoms with Gasteiger partial charge in [-0.05, 0) is 31.2 Å². The van der Waals surface area contributed by atoms with Crippen molar-refractivity contribution in [2.75, 3.05) is 51.3 Å². The van der Waals surface area contributed by atoms with E-state index < -0.39 is 29.1 Å². The Morgan fingerprint density at radius 3 is 2.35 bits per heavy atom. The van der Waals surface area contributed by atoms with Crippen molar-refractivity contribution in [1.82, 2.24) is 14.2 Å². The number of esters is 1. The summed E-state index contributed by atoms with van der Waals surface area (Å²) in [6.07, 6.45) is 1.72. The third-order valence-electron chi connectivity index (χ3n) is 5.04. The van der Waals surface area contributed by atoms with Crippen molar-refractivity contribution in [2.24, 2.45) is 0 Å². The number of carbonyl (C=O) groups excluding carboxylic acids is 2. The first-order chi connectivity index (χ1) is 14.8. The van der Waals surface area contributed by atoms with E-state index in [1.54, 1.807) is 23.2 Å². The maximum atomic E-state index is 12.5. The van der Waals surface area contributed by atoms with E-state index in [2.05, 4.69) is 9.88 Å². The molecule has 0 N–H and O–H groups in total. The predicted molar refractivity (Wildman–Crippen MR) is 115 cm³/mol. The highest BCUT2D eigenvalue weighted by atomic mass is 32.2. The number of hydrogen-bond donors (Lipinski definition) is 0. The largest absolute Gasteiger partial charge is 0.455 e. The summed E-state index contributed by atoms with van der Waals surface area (Å²) >= 11 is 0. The Kier molecular flexibility index (Phi) is 7.24. The van der Waals surface area contributed by atoms with Gasteiger partial charge in [-0.2, -0.15) is 4.31 Å². The molecular formula is C21H26N4O5S. The van der Waals surface area contributed by atoms with Gasteiger partial charge in [0.1, 0.15) is 12.4 Å². The first-order valence-electron chi connectivity index (χ1n) is 9.90. The number of amides is 1. The fourth-order valence-corrected chi connectivity index (χ4v) is 4.28. The molecule has 10 heteroatoms. The first-order valence-corrected chi connectivity index (χ1v) is 11.3. The van der Waals surface area contributed by atoms with Crippen molar-refractivity contribution in [3.8, 4) is 0 Å². The number of ether oxygens (including phenoxy) is 1. The lowest BCUT2D eigenvalue weighted by Crippen LogP contribution is -2.50. The highest BCUT2D eigenvalue weighted by Gasteiger charge is 2.25. The smallest absolute Gasteiger partial charge is 0.321 e. The molecule has 2 heterocycles. The molecule has 0 radical (unpaired) electrons. The Labute approximate surface area is 182 Å². The van der Waals surface area contributed by atoms with Crippen LogP contribution in [0.1, 0.15) is 5.56 Å². The van der Waals surface area contributed by atoms with Gasteiger partial charge in [0.25, 0.3) is 5.91 Å². The second-order valence-electron chi connectivity index (χ2n) is 7.29. The van der Waals surface area contributed by atoms with Crippen molar-refractivity contribution in [1.29, 1.82) is 0 Å². The summed E-state index contributed by atoms with van der Waals surface area (Å²) in [5, 5.41) is 0. The van der Waals surface area contributed by atoms with Crippen LogP contribution in [0.3, 0.4) is 0 Å². The van der Waals surface area contributed by atoms with E-state index in [1.165, 1.54) is 19.2 Å². The number of aromatic nitrogens is 1. The Hall–Kier alpha value is -2.98. The molecule has 31 heavy (non-hydrogen) atoms. The van der Waals surface area contributed by atoms with Gasteiger partial charge < -0.3 is 14.5 Å². The van der Waals surface area contributed by atoms with Crippen LogP contribution in [0.5, 0.6) is 0 Å². The summed E-state index contributed by atoms with van der Waals surface area (Å²) < 4.78 is 31.0. The molecule has 0 bridgehead atoms. The molecular weight excluding hydrogens is 420 g/mol. The van der Waals surface area contributed by atoms with Crippen LogP contribution in [-0.4, -0.2) is 80.9 Å². The molecule has 1 aliphatic rings. The molecule has 1 aliphatic heterocycles. The van der Waals surface area contributed by atoms with Crippen LogP contribution >= 0.6 is 0 Å². The number of benzene rings is 1. The average molecular weight is 447 g/mol. The van der Waals surface area contributed by atoms with E-state index in [4.69, 9.17) is 4.74 Å². The van der Waals surface area contributed by atoms with E-state index in [-0.39, 0.29) is 10.8 Å². The highest BCUT2D eigenvalue weighted by Crippen LogP contribution is 2.15. The van der Waals surface area contributed by atoms with Crippen LogP contribution in [0.4, 0.5) is 5.82 Å². The molecule has 1 amide bonds. The maximum Gasteiger partial charge on any atom is 0.321 e. The fraction of sp³-hybridized carbons (Fsp3) is 0.381. The topological polar surface area (TPSA) is 100 Å². The summed E-state index contributed by atoms with van der Waals surface area (Å²) in [5.41, 5.74) is 0.931. The van der Waals surface area contributed by atoms with E-state index in [0.29, 0.717) is 26.2 Å². The second kappa shape index (κ2) is 9.88. The van der Waals surface area contributed by atoms with Gasteiger partial charge in [0.15, 0.2) is 6.61 Å². The third-order valence-corrected chi connectivity index (χ3v) is 6.86. The van der Waals surface area contributed by atoms with Gasteiger partial charge in [-0.1, -0.05) is 23.8 Å². The molecule has 9 nitrogen and oxygen atoms in total. The summed E-state index contributed by atoms with van der Waals surface area (Å²) in [7, 11) is -2.52. The number of piperazine rings is 1. The lowest BCUT2D eigenvalue weighted by atomic mass is 10.2. The molecule has 0 atom stereocenters. The monoisotopic (exact) mass is 446 g/mol. The number of anilines is 1. The lowest BCUT2D eigenvalue weighted by Gasteiger charge is -2.35. The molecule has 1 aromatic heterocycles. The van der Waals surface area contributed by atoms with Gasteiger partial charge in [0.2, 0.25) is 10.0 Å². The van der Waals surface area contributed by atoms with Gasteiger partial charge in [0.05, 0.1) is 4.90 Å². The van der Waals surface area contributed by atoms with E-state index in [0.717, 1.165) is 15.7 Å². The molecule has 0 saturated carbocycles. The highest BCUT2D eigenvalue weighted by molar-refractivity contribution is 7.89. The summed E-state index contributed by atoms with van der Waals surface area (Å²) in [4.78, 5) is 32.6. The van der Waals surface area contributed by atoms with Crippen LogP contribution in [0.2, 0.25) is 0 Å². The quantitative estimate of drug-likeness (QED) is 0.583. The predicted octanol–water partition coefficient (Wildman–Crippen LogP) is 0.903. The molecule has 0 unspecified atom stereocenters. The molecule has 2 aromatic rings. The Balaban J connectivity index is 1.45. The number of pyridine rings is 1. The van der Waals surface area contributed by atoms with Crippen molar-refractivity contribution < 1.29 is 22.7 Å². The molecule has 1 saturated heterocycles. The second-order valence-corrected chi connectivity index (χ2v) is 9.34. The number of aryl methyl sites for hydroxylation is 1. The van der Waals surface area contributed by atoms with Gasteiger partial charge >= 0.3 is 5.97 Å². The number of carbonyl (C=O) groups is 2. The average Bonchev–Trinajstić information content (AvgIpc) is 2.78. The van der Waals surface area contributed by atoms with Crippen LogP contribution < -0.4 is 4.90 Å². The van der Waals surface area contributed by atoms with Gasteiger partial charge in [-0.3, -0.25) is 9.59 Å². The minimum absolute atomic E-state index is 0.0928. The normalized spacial score (nSPS) is 14.5. The van der Waals surface area contributed by atoms with Crippen LogP contribution in [-0.2, 0) is 24.3 Å². The minimum Gasteiger partial charge on any atom is -0.455 e. The van der Waals surface area contributed by atoms with Crippen LogP contribution in [0.25, 0.3) is 0 Å². The Morgan fingerprint density at radius 2 is 1.74 bits per heavy atom. The summed E-state index contributed by atoms with van der Waals surface area (Å²) in [5.74, 6) is -0.226. The summed E-state index contributed by atoms with van der Waals surface area (Å²) in [6.45, 7) is 3.22. The molecule has 0 spiro atoms. The molecule has 166 valence electrons. The van der Waals surface area contributed by atoms with Crippen LogP contribution in [0, 0.1) is 6.92 Å². The summed E-state index contributed by atoms with van der Waals surface area (Å²) in [6, 6.07) is 12.0. The zero-order valence-electron chi connectivity index (χ0n) is 17.6. The Bertz CT molecular complexity index is 1000. The number of rotatable bonds is 7. The fourth-order valence-electron chi connectivity index (χ4n) is 3.16. The van der Waals surface area contributed by atoms with Gasteiger partial charge in [-0.15, -0.1) is 0 Å². The third kappa shape index (κ3) is 5.80. The SMILES string of the molecule is Cc1ccc(S(=O)(=O)N(C)CC(=O)OCC(=O)N2CCN(c3ccccn3)CC2)cc1. The number of nitrogens with zero attached hydrogens (tertiary/aromatic N) is 4. The van der Waals surface area contributed by atoms with Crippen molar-refractivity contribution in [3.05, 3.63) is 54.2 Å². The lowest BCUT2D eigenvalue weighted by molar-refractivity contribution is -0.152. The zero-order chi connectivity index (χ0) is 22.4. The van der Waals surface area contributed by atoms with Crippen molar-refractivity contribution >= 4 is 27.7 Å². The van der Waals surface area contributed by atoms with Crippen LogP contribution in [0.15, 0.2) is 53.6 Å². The van der Waals surface area contributed by atoms with E-state index in [9.17, 15) is 18.0 Å². The first kappa shape index (κ1) is 22.7. The standard InChI is InChI=1S/C21H26N4O5S/c1-17-6-8-18(9-7-17)31(28,29)23(2)15-21(27)30-16-20(26)25-13-11-24(12-14-25)19-5-3-4-10-22-19/h3-10H,11-16H2,1-2H3. The molecule has 1 fully saturated rings. The molecule has 0 aliphatic carbocycles. The van der Waals surface area contributed by atoms with E-state index >= 15 is 0 Å². The van der Waals surface area contributed by atoms with E-state index in [1.807, 2.05) is 25.1 Å². The number of sulfonamides is 1. The Morgan fingerprint density at radius 1 is 1.06 bits per heavy atom. The maximum absolute atomic E-state index is 12.5. The molecule has 3 rings (SSSR count). The minimum atomic E-state index is -3.82. The zero-order valence-corrected chi connectivity index (χ0v) is 18.4. The van der Waals surface area contributed by atoms with Gasteiger partial charge in [-0.25, -0.2) is 13.4 Å². The van der Waals surface area contributed by atoms with Crippen molar-refractivity contribution in [2.45, 2.75) is 11.8 Å². The molecule has 1 aromatic carbocycles. The van der Waals surface area contributed by atoms with Gasteiger partial charge in [0, 0.05) is 39.4 Å². The van der Waals surface area contributed by atoms with Crippen molar-refractivity contribution in [3.63, 3.8) is 0 Å². The number of hydrogen-bond acceptors (Lipinski definition) is 7.